The SMILES string of the molecule is CC(N)c1nnc(-c2ccoc2Br)s1. The van der Waals surface area contributed by atoms with E-state index in [0.717, 1.165) is 15.6 Å². The lowest BCUT2D eigenvalue weighted by molar-refractivity contribution is 0.542. The van der Waals surface area contributed by atoms with E-state index in [1.54, 1.807) is 6.26 Å². The summed E-state index contributed by atoms with van der Waals surface area (Å²) in [6.07, 6.45) is 1.60. The zero-order chi connectivity index (χ0) is 10.1. The van der Waals surface area contributed by atoms with Crippen molar-refractivity contribution in [2.75, 3.05) is 0 Å². The number of nitrogens with two attached hydrogens (primary N) is 1. The molecule has 1 unspecified atom stereocenters. The zero-order valence-corrected chi connectivity index (χ0v) is 9.80. The molecule has 2 aromatic heterocycles. The van der Waals surface area contributed by atoms with E-state index >= 15 is 0 Å². The monoisotopic (exact) mass is 273 g/mol. The van der Waals surface area contributed by atoms with Crippen molar-refractivity contribution in [1.29, 1.82) is 0 Å². The molecule has 14 heavy (non-hydrogen) atoms. The van der Waals surface area contributed by atoms with Crippen LogP contribution in [-0.4, -0.2) is 10.2 Å². The molecular formula is C8H8BrN3OS. The van der Waals surface area contributed by atoms with Crippen LogP contribution in [0.15, 0.2) is 21.4 Å². The van der Waals surface area contributed by atoms with E-state index in [2.05, 4.69) is 26.1 Å². The lowest BCUT2D eigenvalue weighted by atomic mass is 10.4. The average molecular weight is 274 g/mol. The first kappa shape index (κ1) is 9.82. The third-order valence-corrected chi connectivity index (χ3v) is 3.45. The maximum absolute atomic E-state index is 5.69. The maximum Gasteiger partial charge on any atom is 0.179 e. The van der Waals surface area contributed by atoms with Crippen LogP contribution in [0.3, 0.4) is 0 Å². The van der Waals surface area contributed by atoms with E-state index < -0.39 is 0 Å². The van der Waals surface area contributed by atoms with Crippen LogP contribution >= 0.6 is 27.3 Å². The van der Waals surface area contributed by atoms with Crippen molar-refractivity contribution in [2.24, 2.45) is 5.73 Å². The Kier molecular flexibility index (Phi) is 2.66. The standard InChI is InChI=1S/C8H8BrN3OS/c1-4(10)7-11-12-8(14-7)5-2-3-13-6(5)9/h2-4H,10H2,1H3. The Labute approximate surface area is 93.3 Å². The molecule has 0 saturated heterocycles. The first-order valence-corrected chi connectivity index (χ1v) is 5.62. The number of hydrogen-bond donors (Lipinski definition) is 1. The molecule has 0 fully saturated rings. The number of rotatable bonds is 2. The van der Waals surface area contributed by atoms with Gasteiger partial charge in [0, 0.05) is 0 Å². The third-order valence-electron chi connectivity index (χ3n) is 1.68. The Morgan fingerprint density at radius 2 is 2.36 bits per heavy atom. The van der Waals surface area contributed by atoms with E-state index in [-0.39, 0.29) is 6.04 Å². The lowest BCUT2D eigenvalue weighted by Crippen LogP contribution is -2.03. The maximum atomic E-state index is 5.69. The first-order chi connectivity index (χ1) is 6.68. The second kappa shape index (κ2) is 3.80. The molecule has 0 aliphatic heterocycles. The molecule has 1 atom stereocenters. The van der Waals surface area contributed by atoms with Gasteiger partial charge in [0.1, 0.15) is 5.01 Å². The molecule has 0 aliphatic carbocycles. The fourth-order valence-corrected chi connectivity index (χ4v) is 2.35. The summed E-state index contributed by atoms with van der Waals surface area (Å²) in [6.45, 7) is 1.88. The van der Waals surface area contributed by atoms with Gasteiger partial charge in [-0.05, 0) is 28.9 Å². The van der Waals surface area contributed by atoms with Crippen LogP contribution in [0.1, 0.15) is 18.0 Å². The molecule has 0 aliphatic rings. The summed E-state index contributed by atoms with van der Waals surface area (Å²) >= 11 is 4.77. The Hall–Kier alpha value is -0.720. The van der Waals surface area contributed by atoms with Gasteiger partial charge in [0.05, 0.1) is 17.9 Å². The van der Waals surface area contributed by atoms with Crippen molar-refractivity contribution in [1.82, 2.24) is 10.2 Å². The second-order valence-electron chi connectivity index (χ2n) is 2.84. The minimum atomic E-state index is -0.0769. The number of furan rings is 1. The summed E-state index contributed by atoms with van der Waals surface area (Å²) < 4.78 is 5.78. The normalized spacial score (nSPS) is 13.1. The van der Waals surface area contributed by atoms with Gasteiger partial charge in [0.25, 0.3) is 0 Å². The van der Waals surface area contributed by atoms with Gasteiger partial charge >= 0.3 is 0 Å². The average Bonchev–Trinajstić information content (AvgIpc) is 2.71. The van der Waals surface area contributed by atoms with E-state index in [0.29, 0.717) is 4.67 Å². The molecule has 74 valence electrons. The predicted molar refractivity (Wildman–Crippen MR) is 57.9 cm³/mol. The highest BCUT2D eigenvalue weighted by atomic mass is 79.9. The summed E-state index contributed by atoms with van der Waals surface area (Å²) in [5.74, 6) is 0. The first-order valence-electron chi connectivity index (χ1n) is 4.01. The van der Waals surface area contributed by atoms with Crippen molar-refractivity contribution in [3.8, 4) is 10.6 Å². The van der Waals surface area contributed by atoms with Crippen molar-refractivity contribution in [2.45, 2.75) is 13.0 Å². The molecule has 0 bridgehead atoms. The molecule has 0 radical (unpaired) electrons. The molecule has 6 heteroatoms. The van der Waals surface area contributed by atoms with E-state index in [1.165, 1.54) is 11.3 Å². The van der Waals surface area contributed by atoms with Gasteiger partial charge < -0.3 is 10.2 Å². The smallest absolute Gasteiger partial charge is 0.179 e. The molecule has 4 nitrogen and oxygen atoms in total. The quantitative estimate of drug-likeness (QED) is 0.914. The molecular weight excluding hydrogens is 266 g/mol. The molecule has 2 rings (SSSR count). The number of hydrogen-bond acceptors (Lipinski definition) is 5. The van der Waals surface area contributed by atoms with Gasteiger partial charge in [-0.2, -0.15) is 0 Å². The Balaban J connectivity index is 2.39. The van der Waals surface area contributed by atoms with Gasteiger partial charge in [-0.15, -0.1) is 10.2 Å². The largest absolute Gasteiger partial charge is 0.457 e. The molecule has 2 aromatic rings. The molecule has 0 saturated carbocycles. The van der Waals surface area contributed by atoms with Gasteiger partial charge in [-0.3, -0.25) is 0 Å². The van der Waals surface area contributed by atoms with Crippen LogP contribution in [0.5, 0.6) is 0 Å². The molecule has 0 spiro atoms. The van der Waals surface area contributed by atoms with Crippen LogP contribution in [-0.2, 0) is 0 Å². The highest BCUT2D eigenvalue weighted by molar-refractivity contribution is 9.10. The van der Waals surface area contributed by atoms with Crippen molar-refractivity contribution < 1.29 is 4.42 Å². The number of halogens is 1. The van der Waals surface area contributed by atoms with Gasteiger partial charge in [0.2, 0.25) is 0 Å². The summed E-state index contributed by atoms with van der Waals surface area (Å²) in [4.78, 5) is 0. The Bertz CT molecular complexity index is 437. The van der Waals surface area contributed by atoms with Crippen LogP contribution in [0.25, 0.3) is 10.6 Å². The van der Waals surface area contributed by atoms with E-state index in [4.69, 9.17) is 10.2 Å². The summed E-state index contributed by atoms with van der Waals surface area (Å²) in [5, 5.41) is 9.68. The highest BCUT2D eigenvalue weighted by Gasteiger charge is 2.13. The fourth-order valence-electron chi connectivity index (χ4n) is 0.974. The number of nitrogens with zero attached hydrogens (tertiary/aromatic N) is 2. The van der Waals surface area contributed by atoms with Crippen molar-refractivity contribution in [3.63, 3.8) is 0 Å². The van der Waals surface area contributed by atoms with Crippen LogP contribution < -0.4 is 5.73 Å². The van der Waals surface area contributed by atoms with Gasteiger partial charge in [-0.1, -0.05) is 11.3 Å². The van der Waals surface area contributed by atoms with Crippen molar-refractivity contribution >= 4 is 27.3 Å². The highest BCUT2D eigenvalue weighted by Crippen LogP contribution is 2.32. The predicted octanol–water partition coefficient (Wildman–Crippen LogP) is 2.58. The van der Waals surface area contributed by atoms with Crippen LogP contribution in [0, 0.1) is 0 Å². The van der Waals surface area contributed by atoms with E-state index in [1.807, 2.05) is 13.0 Å². The van der Waals surface area contributed by atoms with E-state index in [9.17, 15) is 0 Å². The summed E-state index contributed by atoms with van der Waals surface area (Å²) in [5.41, 5.74) is 6.60. The molecule has 2 N–H and O–H groups in total. The van der Waals surface area contributed by atoms with Crippen LogP contribution in [0.2, 0.25) is 0 Å². The fraction of sp³-hybridized carbons (Fsp3) is 0.250. The topological polar surface area (TPSA) is 64.9 Å². The van der Waals surface area contributed by atoms with Crippen LogP contribution in [0.4, 0.5) is 0 Å². The molecule has 2 heterocycles. The zero-order valence-electron chi connectivity index (χ0n) is 7.40. The lowest BCUT2D eigenvalue weighted by Gasteiger charge is -1.94. The van der Waals surface area contributed by atoms with Gasteiger partial charge in [0.15, 0.2) is 9.68 Å². The minimum Gasteiger partial charge on any atom is -0.457 e. The van der Waals surface area contributed by atoms with Crippen molar-refractivity contribution in [3.05, 3.63) is 22.0 Å². The second-order valence-corrected chi connectivity index (χ2v) is 4.57. The van der Waals surface area contributed by atoms with Gasteiger partial charge in [-0.25, -0.2) is 0 Å². The third kappa shape index (κ3) is 1.73. The number of aromatic nitrogens is 2. The molecule has 0 amide bonds. The summed E-state index contributed by atoms with van der Waals surface area (Å²) in [7, 11) is 0. The molecule has 0 aromatic carbocycles. The Morgan fingerprint density at radius 3 is 2.86 bits per heavy atom. The Morgan fingerprint density at radius 1 is 1.57 bits per heavy atom. The minimum absolute atomic E-state index is 0.0769. The summed E-state index contributed by atoms with van der Waals surface area (Å²) in [6, 6.07) is 1.77.